The number of benzene rings is 3. The van der Waals surface area contributed by atoms with Gasteiger partial charge in [-0.2, -0.15) is 0 Å². The monoisotopic (exact) mass is 459 g/mol. The van der Waals surface area contributed by atoms with Gasteiger partial charge < -0.3 is 15.4 Å². The van der Waals surface area contributed by atoms with Crippen LogP contribution in [0.25, 0.3) is 0 Å². The molecule has 0 saturated heterocycles. The zero-order valence-electron chi connectivity index (χ0n) is 20.5. The summed E-state index contributed by atoms with van der Waals surface area (Å²) in [5, 5.41) is 10.1. The molecule has 0 atom stereocenters. The highest BCUT2D eigenvalue weighted by atomic mass is 16.6. The topological polar surface area (TPSA) is 62.4 Å². The summed E-state index contributed by atoms with van der Waals surface area (Å²) < 4.78 is 5.26. The van der Waals surface area contributed by atoms with Gasteiger partial charge in [-0.1, -0.05) is 91.0 Å². The van der Waals surface area contributed by atoms with E-state index >= 15 is 0 Å². The third-order valence-electron chi connectivity index (χ3n) is 5.51. The van der Waals surface area contributed by atoms with Gasteiger partial charge in [-0.15, -0.1) is 0 Å². The highest BCUT2D eigenvalue weighted by Crippen LogP contribution is 2.36. The van der Waals surface area contributed by atoms with Crippen molar-refractivity contribution in [2.75, 3.05) is 26.2 Å². The van der Waals surface area contributed by atoms with Gasteiger partial charge in [0.1, 0.15) is 5.60 Å². The molecule has 0 aliphatic carbocycles. The highest BCUT2D eigenvalue weighted by molar-refractivity contribution is 5.67. The first-order valence-corrected chi connectivity index (χ1v) is 12.0. The zero-order chi connectivity index (χ0) is 24.3. The van der Waals surface area contributed by atoms with E-state index in [0.29, 0.717) is 13.1 Å². The summed E-state index contributed by atoms with van der Waals surface area (Å²) in [6.45, 7) is 8.47. The number of amides is 1. The van der Waals surface area contributed by atoms with Crippen LogP contribution in [0.1, 0.15) is 43.9 Å². The van der Waals surface area contributed by atoms with E-state index in [9.17, 15) is 4.79 Å². The molecule has 0 fully saturated rings. The summed E-state index contributed by atoms with van der Waals surface area (Å²) >= 11 is 0. The lowest BCUT2D eigenvalue weighted by Crippen LogP contribution is -2.45. The van der Waals surface area contributed by atoms with Gasteiger partial charge in [0.25, 0.3) is 0 Å². The fraction of sp³-hybridized carbons (Fsp3) is 0.345. The van der Waals surface area contributed by atoms with Crippen LogP contribution in [0.5, 0.6) is 0 Å². The molecule has 5 heteroatoms. The fourth-order valence-electron chi connectivity index (χ4n) is 4.05. The number of carbonyl (C=O) groups is 1. The van der Waals surface area contributed by atoms with E-state index in [2.05, 4.69) is 107 Å². The molecule has 0 aliphatic heterocycles. The molecular formula is C29H37N3O2. The molecular weight excluding hydrogens is 422 g/mol. The van der Waals surface area contributed by atoms with Crippen molar-refractivity contribution in [1.29, 1.82) is 0 Å². The highest BCUT2D eigenvalue weighted by Gasteiger charge is 2.35. The first-order chi connectivity index (χ1) is 16.4. The molecule has 3 N–H and O–H groups in total. The summed E-state index contributed by atoms with van der Waals surface area (Å²) in [7, 11) is 0. The lowest BCUT2D eigenvalue weighted by molar-refractivity contribution is 0.0528. The Labute approximate surface area is 203 Å². The quantitative estimate of drug-likeness (QED) is 0.277. The van der Waals surface area contributed by atoms with Crippen LogP contribution >= 0.6 is 0 Å². The second-order valence-electron chi connectivity index (χ2n) is 9.31. The predicted molar refractivity (Wildman–Crippen MR) is 139 cm³/mol. The molecule has 0 radical (unpaired) electrons. The van der Waals surface area contributed by atoms with Crippen LogP contribution in [0.2, 0.25) is 0 Å². The predicted octanol–water partition coefficient (Wildman–Crippen LogP) is 5.07. The largest absolute Gasteiger partial charge is 0.444 e. The SMILES string of the molecule is CC(C)(C)OC(=O)NCCNCCCNC(c1ccccc1)(c1ccccc1)c1ccccc1. The number of rotatable bonds is 11. The minimum absolute atomic E-state index is 0.380. The third kappa shape index (κ3) is 7.17. The van der Waals surface area contributed by atoms with Crippen molar-refractivity contribution in [1.82, 2.24) is 16.0 Å². The van der Waals surface area contributed by atoms with Gasteiger partial charge in [-0.05, 0) is 57.0 Å². The van der Waals surface area contributed by atoms with Crippen LogP contribution in [0.4, 0.5) is 4.79 Å². The van der Waals surface area contributed by atoms with Gasteiger partial charge in [0, 0.05) is 13.1 Å². The standard InChI is InChI=1S/C29H37N3O2/c1-28(2,3)34-27(33)31-23-22-30-20-13-21-32-29(24-14-7-4-8-15-24,25-16-9-5-10-17-25)26-18-11-6-12-19-26/h4-12,14-19,30,32H,13,20-23H2,1-3H3,(H,31,33). The van der Waals surface area contributed by atoms with Gasteiger partial charge >= 0.3 is 6.09 Å². The van der Waals surface area contributed by atoms with Gasteiger partial charge in [0.15, 0.2) is 0 Å². The molecule has 0 saturated carbocycles. The normalized spacial score (nSPS) is 11.7. The van der Waals surface area contributed by atoms with Crippen LogP contribution < -0.4 is 16.0 Å². The maximum Gasteiger partial charge on any atom is 0.407 e. The van der Waals surface area contributed by atoms with Crippen molar-refractivity contribution in [2.24, 2.45) is 0 Å². The van der Waals surface area contributed by atoms with Gasteiger partial charge in [0.2, 0.25) is 0 Å². The van der Waals surface area contributed by atoms with E-state index in [-0.39, 0.29) is 6.09 Å². The van der Waals surface area contributed by atoms with Gasteiger partial charge in [0.05, 0.1) is 5.54 Å². The smallest absolute Gasteiger partial charge is 0.407 e. The Kier molecular flexibility index (Phi) is 9.25. The van der Waals surface area contributed by atoms with Crippen LogP contribution in [-0.2, 0) is 10.3 Å². The van der Waals surface area contributed by atoms with Crippen molar-refractivity contribution in [3.8, 4) is 0 Å². The molecule has 0 unspecified atom stereocenters. The Hall–Kier alpha value is -3.15. The number of alkyl carbamates (subject to hydrolysis) is 1. The van der Waals surface area contributed by atoms with E-state index < -0.39 is 11.1 Å². The van der Waals surface area contributed by atoms with E-state index in [0.717, 1.165) is 19.5 Å². The van der Waals surface area contributed by atoms with E-state index in [1.807, 2.05) is 20.8 Å². The molecule has 3 aromatic rings. The molecule has 0 aromatic heterocycles. The summed E-state index contributed by atoms with van der Waals surface area (Å²) in [4.78, 5) is 11.7. The Morgan fingerprint density at radius 1 is 0.676 bits per heavy atom. The fourth-order valence-corrected chi connectivity index (χ4v) is 4.05. The molecule has 180 valence electrons. The summed E-state index contributed by atoms with van der Waals surface area (Å²) in [6.07, 6.45) is 0.565. The summed E-state index contributed by atoms with van der Waals surface area (Å²) in [6, 6.07) is 31.9. The second kappa shape index (κ2) is 12.4. The van der Waals surface area contributed by atoms with E-state index in [4.69, 9.17) is 4.74 Å². The van der Waals surface area contributed by atoms with Crippen LogP contribution in [0, 0.1) is 0 Å². The van der Waals surface area contributed by atoms with E-state index in [1.54, 1.807) is 0 Å². The van der Waals surface area contributed by atoms with Crippen molar-refractivity contribution >= 4 is 6.09 Å². The average molecular weight is 460 g/mol. The Bertz CT molecular complexity index is 889. The first-order valence-electron chi connectivity index (χ1n) is 12.0. The molecule has 0 spiro atoms. The number of hydrogen-bond acceptors (Lipinski definition) is 4. The Morgan fingerprint density at radius 3 is 1.59 bits per heavy atom. The zero-order valence-corrected chi connectivity index (χ0v) is 20.5. The first kappa shape index (κ1) is 25.5. The lowest BCUT2D eigenvalue weighted by Gasteiger charge is -2.37. The van der Waals surface area contributed by atoms with E-state index in [1.165, 1.54) is 16.7 Å². The maximum atomic E-state index is 11.7. The molecule has 5 nitrogen and oxygen atoms in total. The minimum Gasteiger partial charge on any atom is -0.444 e. The molecule has 0 bridgehead atoms. The number of hydrogen-bond donors (Lipinski definition) is 3. The van der Waals surface area contributed by atoms with Crippen LogP contribution in [0.3, 0.4) is 0 Å². The average Bonchev–Trinajstić information content (AvgIpc) is 2.84. The summed E-state index contributed by atoms with van der Waals surface area (Å²) in [5.41, 5.74) is 2.71. The number of ether oxygens (including phenoxy) is 1. The Morgan fingerprint density at radius 2 is 1.15 bits per heavy atom. The number of nitrogens with one attached hydrogen (secondary N) is 3. The molecule has 0 heterocycles. The van der Waals surface area contributed by atoms with Crippen molar-refractivity contribution in [3.05, 3.63) is 108 Å². The van der Waals surface area contributed by atoms with Crippen LogP contribution in [-0.4, -0.2) is 37.9 Å². The van der Waals surface area contributed by atoms with Crippen molar-refractivity contribution < 1.29 is 9.53 Å². The second-order valence-corrected chi connectivity index (χ2v) is 9.31. The number of carbonyl (C=O) groups excluding carboxylic acids is 1. The third-order valence-corrected chi connectivity index (χ3v) is 5.51. The minimum atomic E-state index is -0.480. The van der Waals surface area contributed by atoms with Gasteiger partial charge in [-0.3, -0.25) is 5.32 Å². The van der Waals surface area contributed by atoms with Gasteiger partial charge in [-0.25, -0.2) is 4.79 Å². The summed E-state index contributed by atoms with van der Waals surface area (Å²) in [5.74, 6) is 0. The molecule has 3 aromatic carbocycles. The van der Waals surface area contributed by atoms with Crippen molar-refractivity contribution in [2.45, 2.75) is 38.3 Å². The Balaban J connectivity index is 1.62. The van der Waals surface area contributed by atoms with Crippen molar-refractivity contribution in [3.63, 3.8) is 0 Å². The maximum absolute atomic E-state index is 11.7. The molecule has 1 amide bonds. The molecule has 0 aliphatic rings. The van der Waals surface area contributed by atoms with Crippen LogP contribution in [0.15, 0.2) is 91.0 Å². The molecule has 34 heavy (non-hydrogen) atoms. The molecule has 3 rings (SSSR count). The lowest BCUT2D eigenvalue weighted by atomic mass is 9.77.